The Kier molecular flexibility index (Phi) is 6.41. The van der Waals surface area contributed by atoms with E-state index in [0.717, 1.165) is 10.7 Å². The maximum absolute atomic E-state index is 13.0. The fraction of sp³-hybridized carbons (Fsp3) is 0.278. The van der Waals surface area contributed by atoms with Gasteiger partial charge in [0.15, 0.2) is 0 Å². The number of hydrogen-bond acceptors (Lipinski definition) is 4. The van der Waals surface area contributed by atoms with Gasteiger partial charge in [0.2, 0.25) is 5.91 Å². The van der Waals surface area contributed by atoms with Crippen molar-refractivity contribution in [1.29, 1.82) is 0 Å². The number of carbonyl (C=O) groups is 1. The first-order chi connectivity index (χ1) is 12.0. The van der Waals surface area contributed by atoms with Crippen LogP contribution in [-0.2, 0) is 14.8 Å². The lowest BCUT2D eigenvalue weighted by atomic mass is 10.3. The molecule has 2 aromatic rings. The number of rotatable bonds is 8. The van der Waals surface area contributed by atoms with Gasteiger partial charge in [0, 0.05) is 6.54 Å². The first-order valence-electron chi connectivity index (χ1n) is 7.97. The standard InChI is InChI=1S/C18H22N2O4S/c1-3-13-19-18(21)14-20(15-7-5-4-6-8-15)25(22,23)17-11-9-16(24-2)10-12-17/h4-12H,3,13-14H2,1-2H3,(H,19,21). The quantitative estimate of drug-likeness (QED) is 0.782. The maximum Gasteiger partial charge on any atom is 0.264 e. The van der Waals surface area contributed by atoms with Crippen LogP contribution in [0.3, 0.4) is 0 Å². The molecule has 0 saturated carbocycles. The van der Waals surface area contributed by atoms with Gasteiger partial charge in [-0.2, -0.15) is 0 Å². The van der Waals surface area contributed by atoms with Gasteiger partial charge in [-0.1, -0.05) is 25.1 Å². The van der Waals surface area contributed by atoms with E-state index < -0.39 is 10.0 Å². The summed E-state index contributed by atoms with van der Waals surface area (Å²) in [5, 5.41) is 2.71. The highest BCUT2D eigenvalue weighted by molar-refractivity contribution is 7.92. The molecule has 0 aliphatic rings. The molecule has 0 unspecified atom stereocenters. The number of carbonyl (C=O) groups excluding carboxylic acids is 1. The van der Waals surface area contributed by atoms with Gasteiger partial charge in [-0.05, 0) is 42.8 Å². The zero-order valence-corrected chi connectivity index (χ0v) is 15.1. The van der Waals surface area contributed by atoms with Crippen molar-refractivity contribution in [3.63, 3.8) is 0 Å². The highest BCUT2D eigenvalue weighted by Crippen LogP contribution is 2.24. The third-order valence-corrected chi connectivity index (χ3v) is 5.34. The van der Waals surface area contributed by atoms with Crippen LogP contribution < -0.4 is 14.4 Å². The fourth-order valence-corrected chi connectivity index (χ4v) is 3.66. The molecule has 1 amide bonds. The molecule has 7 heteroatoms. The highest BCUT2D eigenvalue weighted by atomic mass is 32.2. The Morgan fingerprint density at radius 1 is 1.08 bits per heavy atom. The van der Waals surface area contributed by atoms with E-state index in [9.17, 15) is 13.2 Å². The Morgan fingerprint density at radius 3 is 2.28 bits per heavy atom. The maximum atomic E-state index is 13.0. The summed E-state index contributed by atoms with van der Waals surface area (Å²) in [4.78, 5) is 12.2. The average Bonchev–Trinajstić information content (AvgIpc) is 2.65. The van der Waals surface area contributed by atoms with Gasteiger partial charge in [-0.25, -0.2) is 8.42 Å². The van der Waals surface area contributed by atoms with Gasteiger partial charge < -0.3 is 10.1 Å². The van der Waals surface area contributed by atoms with Gasteiger partial charge >= 0.3 is 0 Å². The van der Waals surface area contributed by atoms with Crippen LogP contribution in [0.2, 0.25) is 0 Å². The first-order valence-corrected chi connectivity index (χ1v) is 9.41. The number of hydrogen-bond donors (Lipinski definition) is 1. The lowest BCUT2D eigenvalue weighted by Gasteiger charge is -2.24. The fourth-order valence-electron chi connectivity index (χ4n) is 2.23. The molecule has 0 bridgehead atoms. The predicted molar refractivity (Wildman–Crippen MR) is 97.3 cm³/mol. The third-order valence-electron chi connectivity index (χ3n) is 3.55. The van der Waals surface area contributed by atoms with Gasteiger partial charge in [-0.15, -0.1) is 0 Å². The van der Waals surface area contributed by atoms with E-state index in [1.54, 1.807) is 42.5 Å². The van der Waals surface area contributed by atoms with Crippen molar-refractivity contribution in [2.45, 2.75) is 18.2 Å². The number of anilines is 1. The molecule has 0 atom stereocenters. The number of amides is 1. The minimum atomic E-state index is -3.88. The average molecular weight is 362 g/mol. The molecule has 0 fully saturated rings. The molecule has 2 rings (SSSR count). The zero-order chi connectivity index (χ0) is 18.3. The van der Waals surface area contributed by atoms with E-state index in [1.165, 1.54) is 19.2 Å². The molecule has 0 radical (unpaired) electrons. The summed E-state index contributed by atoms with van der Waals surface area (Å²) in [7, 11) is -2.37. The van der Waals surface area contributed by atoms with Crippen LogP contribution in [0.1, 0.15) is 13.3 Å². The van der Waals surface area contributed by atoms with Crippen LogP contribution in [0.4, 0.5) is 5.69 Å². The van der Waals surface area contributed by atoms with Crippen LogP contribution in [0.5, 0.6) is 5.75 Å². The van der Waals surface area contributed by atoms with Crippen LogP contribution >= 0.6 is 0 Å². The van der Waals surface area contributed by atoms with Gasteiger partial charge in [0.1, 0.15) is 12.3 Å². The van der Waals surface area contributed by atoms with E-state index in [2.05, 4.69) is 5.32 Å². The number of benzene rings is 2. The minimum absolute atomic E-state index is 0.0976. The van der Waals surface area contributed by atoms with Crippen molar-refractivity contribution in [2.24, 2.45) is 0 Å². The summed E-state index contributed by atoms with van der Waals surface area (Å²) in [6, 6.07) is 14.7. The molecule has 2 aromatic carbocycles. The monoisotopic (exact) mass is 362 g/mol. The van der Waals surface area contributed by atoms with Gasteiger partial charge in [-0.3, -0.25) is 9.10 Å². The van der Waals surface area contributed by atoms with E-state index >= 15 is 0 Å². The summed E-state index contributed by atoms with van der Waals surface area (Å²) in [6.45, 7) is 2.16. The summed E-state index contributed by atoms with van der Waals surface area (Å²) in [5.74, 6) is 0.216. The number of nitrogens with one attached hydrogen (secondary N) is 1. The van der Waals surface area contributed by atoms with E-state index in [4.69, 9.17) is 4.74 Å². The number of sulfonamides is 1. The Hall–Kier alpha value is -2.54. The molecule has 0 spiro atoms. The predicted octanol–water partition coefficient (Wildman–Crippen LogP) is 2.42. The smallest absolute Gasteiger partial charge is 0.264 e. The molecule has 134 valence electrons. The Labute approximate surface area is 148 Å². The number of methoxy groups -OCH3 is 1. The molecule has 0 aliphatic carbocycles. The normalized spacial score (nSPS) is 11.0. The molecule has 1 N–H and O–H groups in total. The Balaban J connectivity index is 2.37. The molecule has 0 saturated heterocycles. The van der Waals surface area contributed by atoms with E-state index in [0.29, 0.717) is 18.0 Å². The lowest BCUT2D eigenvalue weighted by Crippen LogP contribution is -2.41. The third kappa shape index (κ3) is 4.73. The van der Waals surface area contributed by atoms with Crippen molar-refractivity contribution in [3.8, 4) is 5.75 Å². The second kappa shape index (κ2) is 8.53. The Morgan fingerprint density at radius 2 is 1.72 bits per heavy atom. The molecule has 0 aromatic heterocycles. The molecule has 6 nitrogen and oxygen atoms in total. The van der Waals surface area contributed by atoms with Crippen LogP contribution in [-0.4, -0.2) is 34.5 Å². The van der Waals surface area contributed by atoms with Crippen LogP contribution in [0.15, 0.2) is 59.5 Å². The van der Waals surface area contributed by atoms with Crippen molar-refractivity contribution >= 4 is 21.6 Å². The van der Waals surface area contributed by atoms with Crippen molar-refractivity contribution < 1.29 is 17.9 Å². The van der Waals surface area contributed by atoms with Crippen molar-refractivity contribution in [1.82, 2.24) is 5.32 Å². The molecule has 0 heterocycles. The SMILES string of the molecule is CCCNC(=O)CN(c1ccccc1)S(=O)(=O)c1ccc(OC)cc1. The van der Waals surface area contributed by atoms with Crippen molar-refractivity contribution in [3.05, 3.63) is 54.6 Å². The molecular formula is C18H22N2O4S. The van der Waals surface area contributed by atoms with Crippen LogP contribution in [0.25, 0.3) is 0 Å². The lowest BCUT2D eigenvalue weighted by molar-refractivity contribution is -0.119. The molecular weight excluding hydrogens is 340 g/mol. The first kappa shape index (κ1) is 18.8. The topological polar surface area (TPSA) is 75.7 Å². The minimum Gasteiger partial charge on any atom is -0.497 e. The highest BCUT2D eigenvalue weighted by Gasteiger charge is 2.27. The van der Waals surface area contributed by atoms with Crippen LogP contribution in [0, 0.1) is 0 Å². The summed E-state index contributed by atoms with van der Waals surface area (Å²) in [6.07, 6.45) is 0.780. The van der Waals surface area contributed by atoms with Gasteiger partial charge in [0.05, 0.1) is 17.7 Å². The Bertz CT molecular complexity index is 790. The van der Waals surface area contributed by atoms with E-state index in [1.807, 2.05) is 6.92 Å². The summed E-state index contributed by atoms with van der Waals surface area (Å²) < 4.78 is 32.3. The van der Waals surface area contributed by atoms with Gasteiger partial charge in [0.25, 0.3) is 10.0 Å². The summed E-state index contributed by atoms with van der Waals surface area (Å²) in [5.41, 5.74) is 0.435. The number of ether oxygens (including phenoxy) is 1. The number of para-hydroxylation sites is 1. The zero-order valence-electron chi connectivity index (χ0n) is 14.3. The number of nitrogens with zero attached hydrogens (tertiary/aromatic N) is 1. The largest absolute Gasteiger partial charge is 0.497 e. The summed E-state index contributed by atoms with van der Waals surface area (Å²) >= 11 is 0. The molecule has 0 aliphatic heterocycles. The molecule has 25 heavy (non-hydrogen) atoms. The van der Waals surface area contributed by atoms with E-state index in [-0.39, 0.29) is 17.3 Å². The second-order valence-electron chi connectivity index (χ2n) is 5.37. The second-order valence-corrected chi connectivity index (χ2v) is 7.24. The van der Waals surface area contributed by atoms with Crippen molar-refractivity contribution in [2.75, 3.05) is 24.5 Å².